The van der Waals surface area contributed by atoms with Crippen molar-refractivity contribution in [2.75, 3.05) is 0 Å². The van der Waals surface area contributed by atoms with Crippen LogP contribution in [0.3, 0.4) is 0 Å². The SMILES string of the molecule is CCn1ccnc1CC1(O)CCC(N)C1. The van der Waals surface area contributed by atoms with E-state index in [0.717, 1.165) is 25.2 Å². The Hall–Kier alpha value is -0.870. The van der Waals surface area contributed by atoms with Gasteiger partial charge in [0.1, 0.15) is 5.82 Å². The fourth-order valence-electron chi connectivity index (χ4n) is 2.40. The molecular weight excluding hydrogens is 190 g/mol. The quantitative estimate of drug-likeness (QED) is 0.769. The first kappa shape index (κ1) is 10.6. The molecule has 4 nitrogen and oxygen atoms in total. The lowest BCUT2D eigenvalue weighted by molar-refractivity contribution is 0.0440. The topological polar surface area (TPSA) is 64.1 Å². The van der Waals surface area contributed by atoms with Gasteiger partial charge in [0.15, 0.2) is 0 Å². The minimum Gasteiger partial charge on any atom is -0.389 e. The van der Waals surface area contributed by atoms with Gasteiger partial charge in [0.2, 0.25) is 0 Å². The molecule has 0 amide bonds. The zero-order valence-electron chi connectivity index (χ0n) is 9.19. The van der Waals surface area contributed by atoms with Crippen molar-refractivity contribution in [1.29, 1.82) is 0 Å². The fraction of sp³-hybridized carbons (Fsp3) is 0.727. The average molecular weight is 209 g/mol. The highest BCUT2D eigenvalue weighted by Gasteiger charge is 2.36. The predicted octanol–water partition coefficient (Wildman–Crippen LogP) is 0.688. The fourth-order valence-corrected chi connectivity index (χ4v) is 2.40. The molecule has 0 aromatic carbocycles. The molecule has 15 heavy (non-hydrogen) atoms. The Balaban J connectivity index is 2.08. The molecule has 84 valence electrons. The first-order chi connectivity index (χ1) is 7.13. The van der Waals surface area contributed by atoms with Gasteiger partial charge >= 0.3 is 0 Å². The minimum atomic E-state index is -0.627. The maximum absolute atomic E-state index is 10.3. The van der Waals surface area contributed by atoms with Crippen molar-refractivity contribution < 1.29 is 5.11 Å². The van der Waals surface area contributed by atoms with Crippen molar-refractivity contribution in [3.8, 4) is 0 Å². The lowest BCUT2D eigenvalue weighted by Gasteiger charge is -2.22. The molecule has 1 aromatic rings. The second-order valence-electron chi connectivity index (χ2n) is 4.53. The molecule has 0 spiro atoms. The van der Waals surface area contributed by atoms with E-state index in [2.05, 4.69) is 16.5 Å². The Labute approximate surface area is 90.1 Å². The number of nitrogens with two attached hydrogens (primary N) is 1. The summed E-state index contributed by atoms with van der Waals surface area (Å²) >= 11 is 0. The molecule has 1 saturated carbocycles. The lowest BCUT2D eigenvalue weighted by atomic mass is 9.97. The van der Waals surface area contributed by atoms with Crippen LogP contribution in [0.4, 0.5) is 0 Å². The summed E-state index contributed by atoms with van der Waals surface area (Å²) in [5, 5.41) is 10.3. The molecule has 1 fully saturated rings. The largest absolute Gasteiger partial charge is 0.389 e. The van der Waals surface area contributed by atoms with Crippen LogP contribution in [-0.2, 0) is 13.0 Å². The standard InChI is InChI=1S/C11H19N3O/c1-2-14-6-5-13-10(14)8-11(15)4-3-9(12)7-11/h5-6,9,15H,2-4,7-8,12H2,1H3. The van der Waals surface area contributed by atoms with Crippen LogP contribution in [0.25, 0.3) is 0 Å². The molecule has 4 heteroatoms. The van der Waals surface area contributed by atoms with Crippen LogP contribution >= 0.6 is 0 Å². The molecule has 1 heterocycles. The summed E-state index contributed by atoms with van der Waals surface area (Å²) in [6.07, 6.45) is 6.78. The van der Waals surface area contributed by atoms with E-state index in [4.69, 9.17) is 5.73 Å². The smallest absolute Gasteiger partial charge is 0.111 e. The average Bonchev–Trinajstić information content (AvgIpc) is 2.74. The summed E-state index contributed by atoms with van der Waals surface area (Å²) in [5.74, 6) is 0.967. The number of imidazole rings is 1. The molecule has 3 N–H and O–H groups in total. The molecular formula is C11H19N3O. The number of aromatic nitrogens is 2. The maximum Gasteiger partial charge on any atom is 0.111 e. The number of rotatable bonds is 3. The van der Waals surface area contributed by atoms with Crippen molar-refractivity contribution in [2.45, 2.75) is 50.8 Å². The Bertz CT molecular complexity index is 336. The van der Waals surface area contributed by atoms with Gasteiger partial charge in [-0.05, 0) is 26.2 Å². The lowest BCUT2D eigenvalue weighted by Crippen LogP contribution is -2.31. The van der Waals surface area contributed by atoms with Crippen LogP contribution in [0.5, 0.6) is 0 Å². The number of hydrogen-bond donors (Lipinski definition) is 2. The van der Waals surface area contributed by atoms with E-state index in [1.807, 2.05) is 6.20 Å². The van der Waals surface area contributed by atoms with Gasteiger partial charge in [0, 0.05) is 31.4 Å². The first-order valence-electron chi connectivity index (χ1n) is 5.61. The number of aryl methyl sites for hydroxylation is 1. The summed E-state index contributed by atoms with van der Waals surface area (Å²) in [7, 11) is 0. The summed E-state index contributed by atoms with van der Waals surface area (Å²) < 4.78 is 2.07. The Morgan fingerprint density at radius 3 is 3.13 bits per heavy atom. The molecule has 2 rings (SSSR count). The minimum absolute atomic E-state index is 0.153. The van der Waals surface area contributed by atoms with Gasteiger partial charge in [0.05, 0.1) is 5.60 Å². The van der Waals surface area contributed by atoms with Crippen LogP contribution in [0.15, 0.2) is 12.4 Å². The molecule has 0 radical (unpaired) electrons. The zero-order chi connectivity index (χ0) is 10.9. The van der Waals surface area contributed by atoms with Gasteiger partial charge in [-0.3, -0.25) is 0 Å². The van der Waals surface area contributed by atoms with Crippen molar-refractivity contribution in [3.05, 3.63) is 18.2 Å². The summed E-state index contributed by atoms with van der Waals surface area (Å²) in [4.78, 5) is 4.28. The van der Waals surface area contributed by atoms with E-state index >= 15 is 0 Å². The van der Waals surface area contributed by atoms with E-state index in [0.29, 0.717) is 12.8 Å². The molecule has 0 aliphatic heterocycles. The highest BCUT2D eigenvalue weighted by Crippen LogP contribution is 2.31. The van der Waals surface area contributed by atoms with Gasteiger partial charge in [-0.2, -0.15) is 0 Å². The number of hydrogen-bond acceptors (Lipinski definition) is 3. The third-order valence-corrected chi connectivity index (χ3v) is 3.25. The number of nitrogens with zero attached hydrogens (tertiary/aromatic N) is 2. The maximum atomic E-state index is 10.3. The molecule has 2 atom stereocenters. The Morgan fingerprint density at radius 2 is 2.53 bits per heavy atom. The van der Waals surface area contributed by atoms with Gasteiger partial charge in [0.25, 0.3) is 0 Å². The Morgan fingerprint density at radius 1 is 1.73 bits per heavy atom. The first-order valence-corrected chi connectivity index (χ1v) is 5.61. The second kappa shape index (κ2) is 3.94. The van der Waals surface area contributed by atoms with Crippen LogP contribution in [-0.4, -0.2) is 26.3 Å². The molecule has 1 aliphatic carbocycles. The van der Waals surface area contributed by atoms with Crippen molar-refractivity contribution in [2.24, 2.45) is 5.73 Å². The van der Waals surface area contributed by atoms with Crippen LogP contribution in [0.1, 0.15) is 32.0 Å². The third-order valence-electron chi connectivity index (χ3n) is 3.25. The number of aliphatic hydroxyl groups is 1. The second-order valence-corrected chi connectivity index (χ2v) is 4.53. The summed E-state index contributed by atoms with van der Waals surface area (Å²) in [5.41, 5.74) is 5.20. The normalized spacial score (nSPS) is 31.0. The van der Waals surface area contributed by atoms with Crippen LogP contribution in [0.2, 0.25) is 0 Å². The van der Waals surface area contributed by atoms with E-state index in [1.165, 1.54) is 0 Å². The predicted molar refractivity (Wildman–Crippen MR) is 58.4 cm³/mol. The van der Waals surface area contributed by atoms with Crippen molar-refractivity contribution in [3.63, 3.8) is 0 Å². The summed E-state index contributed by atoms with van der Waals surface area (Å²) in [6, 6.07) is 0.153. The van der Waals surface area contributed by atoms with Gasteiger partial charge in [-0.15, -0.1) is 0 Å². The van der Waals surface area contributed by atoms with Crippen LogP contribution in [0, 0.1) is 0 Å². The van der Waals surface area contributed by atoms with Gasteiger partial charge in [-0.1, -0.05) is 0 Å². The third kappa shape index (κ3) is 2.21. The van der Waals surface area contributed by atoms with Crippen molar-refractivity contribution in [1.82, 2.24) is 9.55 Å². The molecule has 1 aromatic heterocycles. The monoisotopic (exact) mass is 209 g/mol. The molecule has 0 bridgehead atoms. The highest BCUT2D eigenvalue weighted by atomic mass is 16.3. The van der Waals surface area contributed by atoms with E-state index in [9.17, 15) is 5.11 Å². The molecule has 0 saturated heterocycles. The van der Waals surface area contributed by atoms with Crippen LogP contribution < -0.4 is 5.73 Å². The van der Waals surface area contributed by atoms with Gasteiger partial charge in [-0.25, -0.2) is 4.98 Å². The van der Waals surface area contributed by atoms with E-state index in [-0.39, 0.29) is 6.04 Å². The Kier molecular flexibility index (Phi) is 2.80. The highest BCUT2D eigenvalue weighted by molar-refractivity contribution is 5.02. The van der Waals surface area contributed by atoms with E-state index in [1.54, 1.807) is 6.20 Å². The van der Waals surface area contributed by atoms with Gasteiger partial charge < -0.3 is 15.4 Å². The van der Waals surface area contributed by atoms with E-state index < -0.39 is 5.60 Å². The molecule has 2 unspecified atom stereocenters. The molecule has 1 aliphatic rings. The summed E-state index contributed by atoms with van der Waals surface area (Å²) in [6.45, 7) is 2.98. The zero-order valence-corrected chi connectivity index (χ0v) is 9.19. The van der Waals surface area contributed by atoms with Crippen molar-refractivity contribution >= 4 is 0 Å².